The summed E-state index contributed by atoms with van der Waals surface area (Å²) in [6.45, 7) is 0.271. The predicted molar refractivity (Wildman–Crippen MR) is 124 cm³/mol. The van der Waals surface area contributed by atoms with Gasteiger partial charge in [-0.15, -0.1) is 0 Å². The van der Waals surface area contributed by atoms with Crippen molar-refractivity contribution >= 4 is 35.2 Å². The number of methoxy groups -OCH3 is 1. The molecule has 0 radical (unpaired) electrons. The summed E-state index contributed by atoms with van der Waals surface area (Å²) in [5.41, 5.74) is 2.45. The van der Waals surface area contributed by atoms with E-state index in [4.69, 9.17) is 16.3 Å². The second-order valence-corrected chi connectivity index (χ2v) is 7.22. The van der Waals surface area contributed by atoms with Crippen LogP contribution in [0.25, 0.3) is 6.08 Å². The van der Waals surface area contributed by atoms with Crippen LogP contribution in [0.4, 0.5) is 5.69 Å². The van der Waals surface area contributed by atoms with Crippen molar-refractivity contribution in [3.63, 3.8) is 0 Å². The van der Waals surface area contributed by atoms with Gasteiger partial charge in [0.1, 0.15) is 17.4 Å². The number of ether oxygens (including phenoxy) is 1. The molecule has 0 spiro atoms. The van der Waals surface area contributed by atoms with Crippen LogP contribution in [-0.4, -0.2) is 18.9 Å². The molecule has 0 fully saturated rings. The van der Waals surface area contributed by atoms with Crippen molar-refractivity contribution in [2.45, 2.75) is 6.54 Å². The second kappa shape index (κ2) is 10.8. The third kappa shape index (κ3) is 6.21. The first-order valence-electron chi connectivity index (χ1n) is 9.68. The molecule has 0 heterocycles. The quantitative estimate of drug-likeness (QED) is 0.402. The van der Waals surface area contributed by atoms with Gasteiger partial charge in [0.2, 0.25) is 0 Å². The zero-order valence-electron chi connectivity index (χ0n) is 17.3. The van der Waals surface area contributed by atoms with E-state index in [0.717, 1.165) is 5.56 Å². The van der Waals surface area contributed by atoms with Gasteiger partial charge >= 0.3 is 0 Å². The van der Waals surface area contributed by atoms with Gasteiger partial charge in [-0.25, -0.2) is 0 Å². The zero-order chi connectivity index (χ0) is 22.9. The molecule has 0 saturated carbocycles. The van der Waals surface area contributed by atoms with E-state index in [0.29, 0.717) is 27.6 Å². The lowest BCUT2D eigenvalue weighted by Crippen LogP contribution is -2.23. The summed E-state index contributed by atoms with van der Waals surface area (Å²) >= 11 is 5.86. The number of carbonyl (C=O) groups is 2. The van der Waals surface area contributed by atoms with Gasteiger partial charge in [-0.3, -0.25) is 9.59 Å². The lowest BCUT2D eigenvalue weighted by molar-refractivity contribution is -0.117. The number of nitriles is 1. The van der Waals surface area contributed by atoms with Crippen LogP contribution in [0.15, 0.2) is 78.4 Å². The molecule has 3 aromatic carbocycles. The minimum Gasteiger partial charge on any atom is -0.497 e. The minimum atomic E-state index is -0.491. The Morgan fingerprint density at radius 3 is 2.44 bits per heavy atom. The molecule has 0 aliphatic rings. The summed E-state index contributed by atoms with van der Waals surface area (Å²) in [6.07, 6.45) is 1.47. The Labute approximate surface area is 191 Å². The smallest absolute Gasteiger partial charge is 0.262 e. The fraction of sp³-hybridized carbons (Fsp3) is 0.0800. The van der Waals surface area contributed by atoms with Crippen LogP contribution in [-0.2, 0) is 11.3 Å². The maximum absolute atomic E-state index is 12.5. The van der Waals surface area contributed by atoms with Crippen molar-refractivity contribution in [3.05, 3.63) is 100 Å². The Kier molecular flexibility index (Phi) is 7.63. The summed E-state index contributed by atoms with van der Waals surface area (Å²) in [5, 5.41) is 15.5. The number of nitrogens with one attached hydrogen (secondary N) is 2. The summed E-state index contributed by atoms with van der Waals surface area (Å²) < 4.78 is 5.09. The molecule has 3 rings (SSSR count). The van der Waals surface area contributed by atoms with Gasteiger partial charge in [0.25, 0.3) is 11.8 Å². The first-order chi connectivity index (χ1) is 15.5. The van der Waals surface area contributed by atoms with E-state index in [1.54, 1.807) is 79.9 Å². The molecule has 0 unspecified atom stereocenters. The molecule has 2 N–H and O–H groups in total. The maximum atomic E-state index is 12.5. The van der Waals surface area contributed by atoms with Gasteiger partial charge in [-0.05, 0) is 65.7 Å². The third-order valence-electron chi connectivity index (χ3n) is 4.54. The standard InChI is InChI=1S/C25H20ClN3O3/c1-32-23-11-7-19(8-12-23)25(31)29-22-4-2-3-18(14-22)13-20(15-27)24(30)28-16-17-5-9-21(26)10-6-17/h2-14H,16H2,1H3,(H,28,30)(H,29,31)/b20-13-. The van der Waals surface area contributed by atoms with E-state index in [2.05, 4.69) is 10.6 Å². The van der Waals surface area contributed by atoms with Gasteiger partial charge in [0.15, 0.2) is 0 Å². The number of anilines is 1. The SMILES string of the molecule is COc1ccc(C(=O)Nc2cccc(/C=C(/C#N)C(=O)NCc3ccc(Cl)cc3)c2)cc1. The second-order valence-electron chi connectivity index (χ2n) is 6.79. The van der Waals surface area contributed by atoms with E-state index < -0.39 is 5.91 Å². The lowest BCUT2D eigenvalue weighted by atomic mass is 10.1. The topological polar surface area (TPSA) is 91.2 Å². The maximum Gasteiger partial charge on any atom is 0.262 e. The monoisotopic (exact) mass is 445 g/mol. The normalized spacial score (nSPS) is 10.7. The fourth-order valence-corrected chi connectivity index (χ4v) is 2.97. The molecule has 32 heavy (non-hydrogen) atoms. The number of benzene rings is 3. The highest BCUT2D eigenvalue weighted by atomic mass is 35.5. The van der Waals surface area contributed by atoms with E-state index in [-0.39, 0.29) is 18.0 Å². The highest BCUT2D eigenvalue weighted by molar-refractivity contribution is 6.30. The summed E-state index contributed by atoms with van der Waals surface area (Å²) in [4.78, 5) is 24.9. The van der Waals surface area contributed by atoms with Gasteiger partial charge in [0, 0.05) is 22.8 Å². The number of rotatable bonds is 7. The average molecular weight is 446 g/mol. The summed E-state index contributed by atoms with van der Waals surface area (Å²) in [7, 11) is 1.56. The molecule has 0 atom stereocenters. The van der Waals surface area contributed by atoms with Crippen molar-refractivity contribution in [2.75, 3.05) is 12.4 Å². The van der Waals surface area contributed by atoms with Crippen LogP contribution >= 0.6 is 11.6 Å². The number of amides is 2. The summed E-state index contributed by atoms with van der Waals surface area (Å²) in [6, 6.07) is 22.6. The highest BCUT2D eigenvalue weighted by Gasteiger charge is 2.10. The van der Waals surface area contributed by atoms with Gasteiger partial charge in [0.05, 0.1) is 7.11 Å². The molecule has 2 amide bonds. The lowest BCUT2D eigenvalue weighted by Gasteiger charge is -2.08. The van der Waals surface area contributed by atoms with E-state index in [9.17, 15) is 14.9 Å². The molecule has 6 nitrogen and oxygen atoms in total. The first kappa shape index (κ1) is 22.6. The van der Waals surface area contributed by atoms with E-state index in [1.165, 1.54) is 6.08 Å². The van der Waals surface area contributed by atoms with Crippen LogP contribution < -0.4 is 15.4 Å². The van der Waals surface area contributed by atoms with Crippen molar-refractivity contribution in [1.82, 2.24) is 5.32 Å². The highest BCUT2D eigenvalue weighted by Crippen LogP contribution is 2.17. The van der Waals surface area contributed by atoms with E-state index in [1.807, 2.05) is 6.07 Å². The molecule has 0 aliphatic heterocycles. The zero-order valence-corrected chi connectivity index (χ0v) is 18.0. The average Bonchev–Trinajstić information content (AvgIpc) is 2.82. The Hall–Kier alpha value is -4.08. The number of carbonyl (C=O) groups excluding carboxylic acids is 2. The number of halogens is 1. The van der Waals surface area contributed by atoms with Crippen molar-refractivity contribution in [2.24, 2.45) is 0 Å². The van der Waals surface area contributed by atoms with Gasteiger partial charge < -0.3 is 15.4 Å². The molecule has 3 aromatic rings. The Bertz CT molecular complexity index is 1180. The van der Waals surface area contributed by atoms with Crippen LogP contribution in [0.1, 0.15) is 21.5 Å². The third-order valence-corrected chi connectivity index (χ3v) is 4.79. The Balaban J connectivity index is 1.67. The summed E-state index contributed by atoms with van der Waals surface area (Å²) in [5.74, 6) is -0.114. The largest absolute Gasteiger partial charge is 0.497 e. The number of hydrogen-bond donors (Lipinski definition) is 2. The van der Waals surface area contributed by atoms with E-state index >= 15 is 0 Å². The predicted octanol–water partition coefficient (Wildman–Crippen LogP) is 4.82. The van der Waals surface area contributed by atoms with Crippen LogP contribution in [0.5, 0.6) is 5.75 Å². The van der Waals surface area contributed by atoms with Crippen molar-refractivity contribution < 1.29 is 14.3 Å². The molecule has 0 aromatic heterocycles. The molecular formula is C25H20ClN3O3. The number of nitrogens with zero attached hydrogens (tertiary/aromatic N) is 1. The fourth-order valence-electron chi connectivity index (χ4n) is 2.85. The molecule has 160 valence electrons. The molecular weight excluding hydrogens is 426 g/mol. The molecule has 0 saturated heterocycles. The van der Waals surface area contributed by atoms with Crippen LogP contribution in [0, 0.1) is 11.3 Å². The Morgan fingerprint density at radius 1 is 1.06 bits per heavy atom. The molecule has 7 heteroatoms. The van der Waals surface area contributed by atoms with Crippen LogP contribution in [0.3, 0.4) is 0 Å². The van der Waals surface area contributed by atoms with Crippen LogP contribution in [0.2, 0.25) is 5.02 Å². The van der Waals surface area contributed by atoms with Gasteiger partial charge in [-0.1, -0.05) is 35.9 Å². The number of hydrogen-bond acceptors (Lipinski definition) is 4. The minimum absolute atomic E-state index is 0.0439. The van der Waals surface area contributed by atoms with Crippen molar-refractivity contribution in [3.8, 4) is 11.8 Å². The first-order valence-corrected chi connectivity index (χ1v) is 10.1. The molecule has 0 bridgehead atoms. The molecule has 0 aliphatic carbocycles. The van der Waals surface area contributed by atoms with Gasteiger partial charge in [-0.2, -0.15) is 5.26 Å². The van der Waals surface area contributed by atoms with Crippen molar-refractivity contribution in [1.29, 1.82) is 5.26 Å². The Morgan fingerprint density at radius 2 is 1.78 bits per heavy atom.